The zero-order valence-electron chi connectivity index (χ0n) is 14.7. The molecule has 1 N–H and O–H groups in total. The highest BCUT2D eigenvalue weighted by atomic mass is 32.2. The van der Waals surface area contributed by atoms with Crippen LogP contribution in [0.1, 0.15) is 36.7 Å². The van der Waals surface area contributed by atoms with Crippen LogP contribution in [-0.2, 0) is 16.4 Å². The molecule has 24 heavy (non-hydrogen) atoms. The van der Waals surface area contributed by atoms with Crippen molar-refractivity contribution in [2.75, 3.05) is 24.7 Å². The van der Waals surface area contributed by atoms with Crippen molar-refractivity contribution >= 4 is 21.5 Å². The number of nitrogens with zero attached hydrogens (tertiary/aromatic N) is 4. The van der Waals surface area contributed by atoms with Gasteiger partial charge in [-0.3, -0.25) is 0 Å². The largest absolute Gasteiger partial charge is 0.367 e. The Kier molecular flexibility index (Phi) is 4.52. The summed E-state index contributed by atoms with van der Waals surface area (Å²) in [5.41, 5.74) is 4.00. The zero-order valence-corrected chi connectivity index (χ0v) is 15.5. The summed E-state index contributed by atoms with van der Waals surface area (Å²) in [5.74, 6) is 0.936. The molecule has 0 spiro atoms. The maximum atomic E-state index is 11.6. The van der Waals surface area contributed by atoms with Crippen LogP contribution in [0.25, 0.3) is 5.65 Å². The van der Waals surface area contributed by atoms with E-state index in [9.17, 15) is 8.42 Å². The Morgan fingerprint density at radius 1 is 1.29 bits per heavy atom. The first-order valence-electron chi connectivity index (χ1n) is 8.37. The molecule has 1 aliphatic rings. The number of aryl methyl sites for hydroxylation is 3. The molecule has 7 nitrogen and oxygen atoms in total. The van der Waals surface area contributed by atoms with E-state index in [0.29, 0.717) is 13.1 Å². The molecule has 0 radical (unpaired) electrons. The number of nitrogens with one attached hydrogen (secondary N) is 1. The molecule has 3 rings (SSSR count). The molecule has 1 aliphatic heterocycles. The molecule has 0 atom stereocenters. The second-order valence-electron chi connectivity index (χ2n) is 6.51. The van der Waals surface area contributed by atoms with E-state index in [0.717, 1.165) is 47.7 Å². The highest BCUT2D eigenvalue weighted by molar-refractivity contribution is 7.88. The summed E-state index contributed by atoms with van der Waals surface area (Å²) < 4.78 is 26.7. The summed E-state index contributed by atoms with van der Waals surface area (Å²) in [6.07, 6.45) is 3.71. The van der Waals surface area contributed by atoms with Crippen LogP contribution >= 0.6 is 0 Å². The van der Waals surface area contributed by atoms with E-state index in [2.05, 4.69) is 22.3 Å². The third kappa shape index (κ3) is 3.25. The van der Waals surface area contributed by atoms with Gasteiger partial charge < -0.3 is 5.32 Å². The summed E-state index contributed by atoms with van der Waals surface area (Å²) in [5, 5.41) is 8.14. The molecular formula is C16H25N5O2S. The average Bonchev–Trinajstić information content (AvgIpc) is 2.82. The number of anilines is 1. The molecule has 0 amide bonds. The van der Waals surface area contributed by atoms with Gasteiger partial charge in [-0.1, -0.05) is 6.92 Å². The quantitative estimate of drug-likeness (QED) is 0.908. The van der Waals surface area contributed by atoms with Crippen molar-refractivity contribution in [1.82, 2.24) is 18.9 Å². The number of rotatable bonds is 4. The summed E-state index contributed by atoms with van der Waals surface area (Å²) in [7, 11) is -3.09. The number of piperidine rings is 1. The van der Waals surface area contributed by atoms with E-state index in [-0.39, 0.29) is 6.04 Å². The lowest BCUT2D eigenvalue weighted by molar-refractivity contribution is 0.331. The number of fused-ring (bicyclic) bond motifs is 1. The smallest absolute Gasteiger partial charge is 0.211 e. The minimum atomic E-state index is -3.09. The van der Waals surface area contributed by atoms with E-state index >= 15 is 0 Å². The second-order valence-corrected chi connectivity index (χ2v) is 8.50. The number of hydrogen-bond donors (Lipinski definition) is 1. The Morgan fingerprint density at radius 2 is 1.96 bits per heavy atom. The van der Waals surface area contributed by atoms with E-state index in [4.69, 9.17) is 0 Å². The zero-order chi connectivity index (χ0) is 17.5. The Bertz CT molecular complexity index is 851. The summed E-state index contributed by atoms with van der Waals surface area (Å²) in [6, 6.07) is 2.28. The third-order valence-electron chi connectivity index (χ3n) is 4.75. The topological polar surface area (TPSA) is 79.6 Å². The van der Waals surface area contributed by atoms with Gasteiger partial charge in [0.15, 0.2) is 5.65 Å². The molecule has 0 aromatic carbocycles. The number of sulfonamides is 1. The molecule has 0 bridgehead atoms. The summed E-state index contributed by atoms with van der Waals surface area (Å²) in [6.45, 7) is 7.24. The molecule has 2 aromatic rings. The Hall–Kier alpha value is -1.67. The van der Waals surface area contributed by atoms with Crippen LogP contribution < -0.4 is 5.32 Å². The van der Waals surface area contributed by atoms with Crippen molar-refractivity contribution in [1.29, 1.82) is 0 Å². The van der Waals surface area contributed by atoms with Crippen LogP contribution in [-0.4, -0.2) is 52.7 Å². The average molecular weight is 351 g/mol. The van der Waals surface area contributed by atoms with E-state index in [1.807, 2.05) is 24.4 Å². The van der Waals surface area contributed by atoms with E-state index in [1.165, 1.54) is 6.26 Å². The van der Waals surface area contributed by atoms with Crippen LogP contribution in [0.5, 0.6) is 0 Å². The fourth-order valence-electron chi connectivity index (χ4n) is 3.10. The maximum absolute atomic E-state index is 11.6. The third-order valence-corrected chi connectivity index (χ3v) is 6.05. The van der Waals surface area contributed by atoms with Crippen molar-refractivity contribution in [3.05, 3.63) is 23.0 Å². The molecule has 0 unspecified atom stereocenters. The van der Waals surface area contributed by atoms with Crippen molar-refractivity contribution in [3.8, 4) is 0 Å². The number of aromatic nitrogens is 3. The molecular weight excluding hydrogens is 326 g/mol. The van der Waals surface area contributed by atoms with Crippen LogP contribution in [0, 0.1) is 13.8 Å². The first-order valence-corrected chi connectivity index (χ1v) is 10.2. The minimum absolute atomic E-state index is 0.239. The van der Waals surface area contributed by atoms with Crippen molar-refractivity contribution < 1.29 is 8.42 Å². The lowest BCUT2D eigenvalue weighted by Gasteiger charge is -2.31. The first-order chi connectivity index (χ1) is 11.3. The molecule has 132 valence electrons. The van der Waals surface area contributed by atoms with Gasteiger partial charge in [0.1, 0.15) is 5.82 Å². The van der Waals surface area contributed by atoms with Gasteiger partial charge in [-0.15, -0.1) is 0 Å². The van der Waals surface area contributed by atoms with Gasteiger partial charge in [-0.05, 0) is 33.1 Å². The Balaban J connectivity index is 1.84. The maximum Gasteiger partial charge on any atom is 0.211 e. The van der Waals surface area contributed by atoms with Crippen LogP contribution in [0.4, 0.5) is 5.82 Å². The van der Waals surface area contributed by atoms with Gasteiger partial charge in [0.2, 0.25) is 10.0 Å². The monoisotopic (exact) mass is 351 g/mol. The molecule has 0 saturated carbocycles. The molecule has 2 aromatic heterocycles. The van der Waals surface area contributed by atoms with Crippen LogP contribution in [0.3, 0.4) is 0 Å². The highest BCUT2D eigenvalue weighted by Crippen LogP contribution is 2.22. The molecule has 3 heterocycles. The predicted octanol–water partition coefficient (Wildman–Crippen LogP) is 1.74. The second kappa shape index (κ2) is 6.33. The Morgan fingerprint density at radius 3 is 2.54 bits per heavy atom. The van der Waals surface area contributed by atoms with Crippen LogP contribution in [0.2, 0.25) is 0 Å². The highest BCUT2D eigenvalue weighted by Gasteiger charge is 2.25. The van der Waals surface area contributed by atoms with Gasteiger partial charge >= 0.3 is 0 Å². The number of hydrogen-bond acceptors (Lipinski definition) is 5. The van der Waals surface area contributed by atoms with Crippen molar-refractivity contribution in [3.63, 3.8) is 0 Å². The standard InChI is InChI=1S/C16H25N5O2S/c1-5-13-10-15(21-16(18-13)11(2)12(3)19-21)17-14-6-8-20(9-7-14)24(4,22)23/h10,14,17H,5-9H2,1-4H3. The lowest BCUT2D eigenvalue weighted by Crippen LogP contribution is -2.42. The summed E-state index contributed by atoms with van der Waals surface area (Å²) >= 11 is 0. The minimum Gasteiger partial charge on any atom is -0.367 e. The fraction of sp³-hybridized carbons (Fsp3) is 0.625. The fourth-order valence-corrected chi connectivity index (χ4v) is 3.98. The van der Waals surface area contributed by atoms with Crippen molar-refractivity contribution in [2.45, 2.75) is 46.1 Å². The summed E-state index contributed by atoms with van der Waals surface area (Å²) in [4.78, 5) is 4.69. The Labute approximate surface area is 143 Å². The SMILES string of the molecule is CCc1cc(NC2CCN(S(C)(=O)=O)CC2)n2nc(C)c(C)c2n1. The lowest BCUT2D eigenvalue weighted by atomic mass is 10.1. The molecule has 1 saturated heterocycles. The molecule has 8 heteroatoms. The first kappa shape index (κ1) is 17.2. The molecule has 1 fully saturated rings. The van der Waals surface area contributed by atoms with Gasteiger partial charge in [-0.2, -0.15) is 9.61 Å². The van der Waals surface area contributed by atoms with Gasteiger partial charge in [0, 0.05) is 36.5 Å². The van der Waals surface area contributed by atoms with Gasteiger partial charge in [-0.25, -0.2) is 17.7 Å². The van der Waals surface area contributed by atoms with E-state index in [1.54, 1.807) is 4.31 Å². The molecule has 0 aliphatic carbocycles. The van der Waals surface area contributed by atoms with Crippen molar-refractivity contribution in [2.24, 2.45) is 0 Å². The van der Waals surface area contributed by atoms with Gasteiger partial charge in [0.05, 0.1) is 11.9 Å². The predicted molar refractivity (Wildman–Crippen MR) is 94.9 cm³/mol. The normalized spacial score (nSPS) is 17.5. The van der Waals surface area contributed by atoms with Crippen LogP contribution in [0.15, 0.2) is 6.07 Å². The van der Waals surface area contributed by atoms with E-state index < -0.39 is 10.0 Å². The van der Waals surface area contributed by atoms with Gasteiger partial charge in [0.25, 0.3) is 0 Å².